The molecule has 0 aromatic heterocycles. The number of anilines is 2. The Labute approximate surface area is 162 Å². The van der Waals surface area contributed by atoms with Gasteiger partial charge in [0.05, 0.1) is 17.5 Å². The molecule has 2 aromatic rings. The average molecular weight is 383 g/mol. The van der Waals surface area contributed by atoms with Crippen LogP contribution in [0.3, 0.4) is 0 Å². The van der Waals surface area contributed by atoms with Gasteiger partial charge in [-0.3, -0.25) is 14.4 Å². The SMILES string of the molecule is Cc1cccc(C)c1NC(=O)CNC(=O)C[C@@H]1Sc2ccccc2NC1=O. The van der Waals surface area contributed by atoms with Gasteiger partial charge in [-0.2, -0.15) is 0 Å². The molecular weight excluding hydrogens is 362 g/mol. The highest BCUT2D eigenvalue weighted by molar-refractivity contribution is 8.01. The van der Waals surface area contributed by atoms with E-state index >= 15 is 0 Å². The molecule has 3 amide bonds. The molecule has 0 aliphatic carbocycles. The molecule has 2 aromatic carbocycles. The van der Waals surface area contributed by atoms with Crippen LogP contribution in [0.5, 0.6) is 0 Å². The fourth-order valence-corrected chi connectivity index (χ4v) is 3.95. The Morgan fingerprint density at radius 3 is 2.48 bits per heavy atom. The average Bonchev–Trinajstić information content (AvgIpc) is 2.64. The van der Waals surface area contributed by atoms with Crippen LogP contribution in [0.1, 0.15) is 17.5 Å². The molecule has 27 heavy (non-hydrogen) atoms. The van der Waals surface area contributed by atoms with Crippen molar-refractivity contribution in [1.82, 2.24) is 5.32 Å². The Bertz CT molecular complexity index is 878. The Hall–Kier alpha value is -2.80. The zero-order chi connectivity index (χ0) is 19.4. The first kappa shape index (κ1) is 19.0. The Kier molecular flexibility index (Phi) is 5.81. The topological polar surface area (TPSA) is 87.3 Å². The highest BCUT2D eigenvalue weighted by Crippen LogP contribution is 2.36. The van der Waals surface area contributed by atoms with E-state index in [1.807, 2.05) is 56.3 Å². The standard InChI is InChI=1S/C20H21N3O3S/c1-12-6-5-7-13(2)19(12)23-18(25)11-21-17(24)10-16-20(26)22-14-8-3-4-9-15(14)27-16/h3-9,16H,10-11H2,1-2H3,(H,21,24)(H,22,26)(H,23,25)/t16-/m0/s1. The summed E-state index contributed by atoms with van der Waals surface area (Å²) in [5.41, 5.74) is 3.44. The summed E-state index contributed by atoms with van der Waals surface area (Å²) in [7, 11) is 0. The number of hydrogen-bond donors (Lipinski definition) is 3. The summed E-state index contributed by atoms with van der Waals surface area (Å²) in [4.78, 5) is 37.4. The number of benzene rings is 2. The van der Waals surface area contributed by atoms with Crippen molar-refractivity contribution >= 4 is 40.9 Å². The number of rotatable bonds is 5. The van der Waals surface area contributed by atoms with E-state index in [1.54, 1.807) is 0 Å². The highest BCUT2D eigenvalue weighted by atomic mass is 32.2. The summed E-state index contributed by atoms with van der Waals surface area (Å²) in [5.74, 6) is -0.834. The molecule has 1 aliphatic heterocycles. The lowest BCUT2D eigenvalue weighted by Gasteiger charge is -2.23. The lowest BCUT2D eigenvalue weighted by atomic mass is 10.1. The van der Waals surface area contributed by atoms with Gasteiger partial charge in [0.25, 0.3) is 0 Å². The number of nitrogens with one attached hydrogen (secondary N) is 3. The Morgan fingerprint density at radius 1 is 1.04 bits per heavy atom. The summed E-state index contributed by atoms with van der Waals surface area (Å²) >= 11 is 1.36. The second-order valence-corrected chi connectivity index (χ2v) is 7.63. The molecule has 140 valence electrons. The first-order valence-electron chi connectivity index (χ1n) is 8.63. The number of fused-ring (bicyclic) bond motifs is 1. The van der Waals surface area contributed by atoms with Crippen LogP contribution in [0.25, 0.3) is 0 Å². The van der Waals surface area contributed by atoms with E-state index in [-0.39, 0.29) is 30.7 Å². The Balaban J connectivity index is 1.51. The molecule has 0 saturated carbocycles. The highest BCUT2D eigenvalue weighted by Gasteiger charge is 2.28. The molecule has 0 radical (unpaired) electrons. The van der Waals surface area contributed by atoms with E-state index in [0.29, 0.717) is 0 Å². The third-order valence-electron chi connectivity index (χ3n) is 4.27. The normalized spacial score (nSPS) is 15.5. The van der Waals surface area contributed by atoms with E-state index in [4.69, 9.17) is 0 Å². The fourth-order valence-electron chi connectivity index (χ4n) is 2.84. The van der Waals surface area contributed by atoms with Crippen LogP contribution in [0.15, 0.2) is 47.4 Å². The number of amides is 3. The summed E-state index contributed by atoms with van der Waals surface area (Å²) in [6.45, 7) is 3.69. The van der Waals surface area contributed by atoms with Gasteiger partial charge in [-0.05, 0) is 37.1 Å². The molecule has 0 saturated heterocycles. The van der Waals surface area contributed by atoms with E-state index in [2.05, 4.69) is 16.0 Å². The molecule has 1 aliphatic rings. The molecule has 1 heterocycles. The first-order valence-corrected chi connectivity index (χ1v) is 9.51. The molecule has 0 spiro atoms. The molecule has 0 bridgehead atoms. The largest absolute Gasteiger partial charge is 0.347 e. The van der Waals surface area contributed by atoms with Crippen molar-refractivity contribution in [3.05, 3.63) is 53.6 Å². The summed E-state index contributed by atoms with van der Waals surface area (Å²) in [5, 5.41) is 7.70. The second kappa shape index (κ2) is 8.26. The molecule has 3 N–H and O–H groups in total. The first-order chi connectivity index (χ1) is 12.9. The lowest BCUT2D eigenvalue weighted by molar-refractivity contribution is -0.125. The number of para-hydroxylation sites is 2. The maximum absolute atomic E-state index is 12.2. The van der Waals surface area contributed by atoms with Gasteiger partial charge in [0.1, 0.15) is 0 Å². The van der Waals surface area contributed by atoms with Crippen LogP contribution >= 0.6 is 11.8 Å². The number of hydrogen-bond acceptors (Lipinski definition) is 4. The van der Waals surface area contributed by atoms with Crippen molar-refractivity contribution in [1.29, 1.82) is 0 Å². The summed E-state index contributed by atoms with van der Waals surface area (Å²) < 4.78 is 0. The van der Waals surface area contributed by atoms with Gasteiger partial charge < -0.3 is 16.0 Å². The maximum Gasteiger partial charge on any atom is 0.243 e. The third-order valence-corrected chi connectivity index (χ3v) is 5.54. The molecule has 7 heteroatoms. The van der Waals surface area contributed by atoms with Crippen LogP contribution < -0.4 is 16.0 Å². The van der Waals surface area contributed by atoms with Crippen LogP contribution in [0.4, 0.5) is 11.4 Å². The van der Waals surface area contributed by atoms with Gasteiger partial charge in [-0.25, -0.2) is 0 Å². The van der Waals surface area contributed by atoms with Crippen LogP contribution in [0, 0.1) is 13.8 Å². The van der Waals surface area contributed by atoms with Gasteiger partial charge in [-0.15, -0.1) is 11.8 Å². The number of carbonyl (C=O) groups is 3. The molecule has 0 fully saturated rings. The molecular formula is C20H21N3O3S. The minimum atomic E-state index is -0.512. The fraction of sp³-hybridized carbons (Fsp3) is 0.250. The predicted molar refractivity (Wildman–Crippen MR) is 107 cm³/mol. The molecule has 0 unspecified atom stereocenters. The zero-order valence-electron chi connectivity index (χ0n) is 15.2. The summed E-state index contributed by atoms with van der Waals surface area (Å²) in [6, 6.07) is 13.2. The summed E-state index contributed by atoms with van der Waals surface area (Å²) in [6.07, 6.45) is 0.0154. The number of carbonyl (C=O) groups excluding carboxylic acids is 3. The van der Waals surface area contributed by atoms with Gasteiger partial charge in [0, 0.05) is 17.0 Å². The number of thioether (sulfide) groups is 1. The van der Waals surface area contributed by atoms with E-state index in [0.717, 1.165) is 27.4 Å². The molecule has 6 nitrogen and oxygen atoms in total. The minimum Gasteiger partial charge on any atom is -0.347 e. The Morgan fingerprint density at radius 2 is 1.74 bits per heavy atom. The monoisotopic (exact) mass is 383 g/mol. The quantitative estimate of drug-likeness (QED) is 0.741. The van der Waals surface area contributed by atoms with Crippen molar-refractivity contribution in [3.63, 3.8) is 0 Å². The minimum absolute atomic E-state index is 0.0154. The smallest absolute Gasteiger partial charge is 0.243 e. The van der Waals surface area contributed by atoms with E-state index < -0.39 is 5.25 Å². The van der Waals surface area contributed by atoms with Crippen molar-refractivity contribution < 1.29 is 14.4 Å². The van der Waals surface area contributed by atoms with Crippen LogP contribution in [0.2, 0.25) is 0 Å². The van der Waals surface area contributed by atoms with Crippen LogP contribution in [-0.2, 0) is 14.4 Å². The third kappa shape index (κ3) is 4.68. The van der Waals surface area contributed by atoms with Gasteiger partial charge in [0.2, 0.25) is 17.7 Å². The zero-order valence-corrected chi connectivity index (χ0v) is 16.0. The molecule has 3 rings (SSSR count). The van der Waals surface area contributed by atoms with E-state index in [1.165, 1.54) is 11.8 Å². The maximum atomic E-state index is 12.2. The lowest BCUT2D eigenvalue weighted by Crippen LogP contribution is -2.38. The number of aryl methyl sites for hydroxylation is 2. The van der Waals surface area contributed by atoms with Gasteiger partial charge >= 0.3 is 0 Å². The van der Waals surface area contributed by atoms with Gasteiger partial charge in [0.15, 0.2) is 0 Å². The van der Waals surface area contributed by atoms with Crippen molar-refractivity contribution in [2.24, 2.45) is 0 Å². The second-order valence-electron chi connectivity index (χ2n) is 6.39. The van der Waals surface area contributed by atoms with Gasteiger partial charge in [-0.1, -0.05) is 30.3 Å². The van der Waals surface area contributed by atoms with Crippen molar-refractivity contribution in [2.75, 3.05) is 17.2 Å². The molecule has 1 atom stereocenters. The van der Waals surface area contributed by atoms with Crippen molar-refractivity contribution in [2.45, 2.75) is 30.4 Å². The predicted octanol–water partition coefficient (Wildman–Crippen LogP) is 2.86. The van der Waals surface area contributed by atoms with Crippen LogP contribution in [-0.4, -0.2) is 29.5 Å². The van der Waals surface area contributed by atoms with E-state index in [9.17, 15) is 14.4 Å². The van der Waals surface area contributed by atoms with Crippen molar-refractivity contribution in [3.8, 4) is 0 Å².